The molecular formula is C22H31BrF2N4O2S2. The van der Waals surface area contributed by atoms with Crippen molar-refractivity contribution in [2.24, 2.45) is 0 Å². The van der Waals surface area contributed by atoms with Crippen LogP contribution in [0, 0.1) is 12.7 Å². The maximum absolute atomic E-state index is 15.3. The molecule has 3 aromatic rings. The normalized spacial score (nSPS) is 18.3. The van der Waals surface area contributed by atoms with Crippen molar-refractivity contribution in [3.8, 4) is 0 Å². The summed E-state index contributed by atoms with van der Waals surface area (Å²) >= 11 is 3.22. The summed E-state index contributed by atoms with van der Waals surface area (Å²) in [5.74, 6) is 0.240. The van der Waals surface area contributed by atoms with Crippen molar-refractivity contribution in [3.63, 3.8) is 0 Å². The fourth-order valence-corrected chi connectivity index (χ4v) is 4.31. The molecule has 2 aromatic heterocycles. The van der Waals surface area contributed by atoms with E-state index >= 15 is 4.39 Å². The SMILES string of the molecule is C.Cc1nc2cnc3cc(F)c(Br)cc3c2n1[C@H]1CCN(C(=O)OC(C)(C)C)C[C@@H]1F.S.S. The molecule has 11 heteroatoms. The molecule has 2 atom stereocenters. The van der Waals surface area contributed by atoms with E-state index in [9.17, 15) is 9.18 Å². The van der Waals surface area contributed by atoms with E-state index in [2.05, 4.69) is 25.9 Å². The van der Waals surface area contributed by atoms with E-state index < -0.39 is 29.7 Å². The number of hydrogen-bond donors (Lipinski definition) is 0. The monoisotopic (exact) mass is 564 g/mol. The Bertz CT molecular complexity index is 1150. The zero-order chi connectivity index (χ0) is 21.8. The average molecular weight is 566 g/mol. The van der Waals surface area contributed by atoms with Crippen LogP contribution in [0.5, 0.6) is 0 Å². The van der Waals surface area contributed by atoms with Gasteiger partial charge in [0.05, 0.1) is 34.3 Å². The number of piperidine rings is 1. The summed E-state index contributed by atoms with van der Waals surface area (Å²) in [5, 5.41) is 0.697. The summed E-state index contributed by atoms with van der Waals surface area (Å²) in [6, 6.07) is 2.51. The number of likely N-dealkylation sites (tertiary alicyclic amines) is 1. The topological polar surface area (TPSA) is 60.2 Å². The lowest BCUT2D eigenvalue weighted by Crippen LogP contribution is -2.47. The summed E-state index contributed by atoms with van der Waals surface area (Å²) in [7, 11) is 0. The van der Waals surface area contributed by atoms with Crippen molar-refractivity contribution in [3.05, 3.63) is 34.4 Å². The van der Waals surface area contributed by atoms with E-state index in [1.54, 1.807) is 33.0 Å². The predicted octanol–water partition coefficient (Wildman–Crippen LogP) is 6.18. The Kier molecular flexibility index (Phi) is 9.61. The number of pyridine rings is 1. The van der Waals surface area contributed by atoms with Crippen molar-refractivity contribution >= 4 is 71.0 Å². The van der Waals surface area contributed by atoms with E-state index in [4.69, 9.17) is 4.74 Å². The molecule has 0 spiro atoms. The summed E-state index contributed by atoms with van der Waals surface area (Å²) in [5.41, 5.74) is 1.19. The van der Waals surface area contributed by atoms with Gasteiger partial charge in [0.1, 0.15) is 28.9 Å². The number of hydrogen-bond acceptors (Lipinski definition) is 4. The molecule has 4 rings (SSSR count). The van der Waals surface area contributed by atoms with Crippen LogP contribution in [0.15, 0.2) is 22.8 Å². The number of alkyl halides is 1. The second kappa shape index (κ2) is 10.8. The lowest BCUT2D eigenvalue weighted by atomic mass is 10.0. The third-order valence-corrected chi connectivity index (χ3v) is 5.83. The van der Waals surface area contributed by atoms with Crippen molar-refractivity contribution in [1.29, 1.82) is 0 Å². The molecule has 1 aliphatic rings. The van der Waals surface area contributed by atoms with Crippen molar-refractivity contribution in [2.75, 3.05) is 13.1 Å². The van der Waals surface area contributed by atoms with Crippen LogP contribution in [-0.4, -0.2) is 50.4 Å². The van der Waals surface area contributed by atoms with Crippen LogP contribution in [0.3, 0.4) is 0 Å². The molecule has 3 heterocycles. The number of fused-ring (bicyclic) bond motifs is 3. The highest BCUT2D eigenvalue weighted by Crippen LogP contribution is 2.35. The highest BCUT2D eigenvalue weighted by atomic mass is 79.9. The average Bonchev–Trinajstić information content (AvgIpc) is 2.97. The Morgan fingerprint density at radius 2 is 1.91 bits per heavy atom. The molecule has 1 aromatic carbocycles. The van der Waals surface area contributed by atoms with Gasteiger partial charge in [0.15, 0.2) is 0 Å². The number of aromatic nitrogens is 3. The minimum Gasteiger partial charge on any atom is -0.444 e. The van der Waals surface area contributed by atoms with Gasteiger partial charge in [-0.3, -0.25) is 4.98 Å². The molecule has 0 aliphatic carbocycles. The third-order valence-electron chi connectivity index (χ3n) is 5.22. The van der Waals surface area contributed by atoms with E-state index in [-0.39, 0.29) is 41.0 Å². The number of aryl methyl sites for hydroxylation is 1. The molecule has 1 saturated heterocycles. The third kappa shape index (κ3) is 5.74. The Labute approximate surface area is 215 Å². The number of nitrogens with zero attached hydrogens (tertiary/aromatic N) is 4. The Hall–Kier alpha value is -1.59. The quantitative estimate of drug-likeness (QED) is 0.354. The van der Waals surface area contributed by atoms with Crippen LogP contribution >= 0.6 is 42.9 Å². The van der Waals surface area contributed by atoms with Gasteiger partial charge in [-0.1, -0.05) is 7.43 Å². The molecule has 0 radical (unpaired) electrons. The number of imidazole rings is 1. The van der Waals surface area contributed by atoms with E-state index in [0.29, 0.717) is 39.7 Å². The molecular weight excluding hydrogens is 534 g/mol. The van der Waals surface area contributed by atoms with E-state index in [0.717, 1.165) is 5.52 Å². The van der Waals surface area contributed by atoms with Gasteiger partial charge in [-0.05, 0) is 56.1 Å². The van der Waals surface area contributed by atoms with Gasteiger partial charge in [0.2, 0.25) is 0 Å². The maximum atomic E-state index is 15.3. The molecule has 0 N–H and O–H groups in total. The highest BCUT2D eigenvalue weighted by Gasteiger charge is 2.36. The summed E-state index contributed by atoms with van der Waals surface area (Å²) in [4.78, 5) is 22.6. The van der Waals surface area contributed by atoms with Gasteiger partial charge in [0.25, 0.3) is 0 Å². The second-order valence-electron chi connectivity index (χ2n) is 8.60. The molecule has 0 saturated carbocycles. The zero-order valence-electron chi connectivity index (χ0n) is 18.2. The Morgan fingerprint density at radius 3 is 2.52 bits per heavy atom. The number of halogens is 3. The first-order chi connectivity index (χ1) is 14.0. The Morgan fingerprint density at radius 1 is 1.24 bits per heavy atom. The van der Waals surface area contributed by atoms with Crippen LogP contribution in [0.4, 0.5) is 13.6 Å². The molecule has 1 aliphatic heterocycles. The predicted molar refractivity (Wildman–Crippen MR) is 141 cm³/mol. The molecule has 1 fully saturated rings. The molecule has 184 valence electrons. The highest BCUT2D eigenvalue weighted by molar-refractivity contribution is 9.10. The van der Waals surface area contributed by atoms with Gasteiger partial charge < -0.3 is 14.2 Å². The number of carbonyl (C=O) groups excluding carboxylic acids is 1. The van der Waals surface area contributed by atoms with Crippen LogP contribution < -0.4 is 0 Å². The van der Waals surface area contributed by atoms with Crippen LogP contribution in [0.25, 0.3) is 21.9 Å². The van der Waals surface area contributed by atoms with Crippen molar-refractivity contribution < 1.29 is 18.3 Å². The number of rotatable bonds is 1. The lowest BCUT2D eigenvalue weighted by Gasteiger charge is -2.36. The zero-order valence-corrected chi connectivity index (χ0v) is 21.8. The first kappa shape index (κ1) is 29.4. The van der Waals surface area contributed by atoms with E-state index in [1.807, 2.05) is 11.5 Å². The van der Waals surface area contributed by atoms with Gasteiger partial charge in [-0.15, -0.1) is 0 Å². The van der Waals surface area contributed by atoms with Gasteiger partial charge in [-0.2, -0.15) is 27.0 Å². The van der Waals surface area contributed by atoms with Crippen molar-refractivity contribution in [1.82, 2.24) is 19.4 Å². The number of ether oxygens (including phenoxy) is 1. The van der Waals surface area contributed by atoms with E-state index in [1.165, 1.54) is 11.0 Å². The van der Waals surface area contributed by atoms with Crippen LogP contribution in [0.1, 0.15) is 46.5 Å². The van der Waals surface area contributed by atoms with Crippen LogP contribution in [-0.2, 0) is 4.74 Å². The molecule has 33 heavy (non-hydrogen) atoms. The summed E-state index contributed by atoms with van der Waals surface area (Å²) in [6.07, 6.45) is 0.190. The number of benzene rings is 1. The summed E-state index contributed by atoms with van der Waals surface area (Å²) < 4.78 is 36.9. The van der Waals surface area contributed by atoms with Crippen LogP contribution in [0.2, 0.25) is 0 Å². The molecule has 0 unspecified atom stereocenters. The van der Waals surface area contributed by atoms with Gasteiger partial charge in [-0.25, -0.2) is 18.6 Å². The second-order valence-corrected chi connectivity index (χ2v) is 9.46. The standard InChI is InChI=1S/C21H23BrF2N4O2.CH4.2H2S/c1-11-26-17-9-25-16-8-14(23)13(22)7-12(16)19(17)28(11)18-5-6-27(10-15(18)24)20(29)30-21(2,3)4;;;/h7-9,15,18H,5-6,10H2,1-4H3;1H4;2*1H2/t15-,18-;;;/m0.../s1. The fourth-order valence-electron chi connectivity index (χ4n) is 3.97. The largest absolute Gasteiger partial charge is 0.444 e. The number of carbonyl (C=O) groups is 1. The van der Waals surface area contributed by atoms with Crippen molar-refractivity contribution in [2.45, 2.75) is 59.4 Å². The molecule has 1 amide bonds. The molecule has 0 bridgehead atoms. The minimum atomic E-state index is -1.30. The Balaban J connectivity index is 0.00000181. The van der Waals surface area contributed by atoms with Gasteiger partial charge >= 0.3 is 6.09 Å². The summed E-state index contributed by atoms with van der Waals surface area (Å²) in [6.45, 7) is 7.49. The smallest absolute Gasteiger partial charge is 0.410 e. The number of amides is 1. The lowest BCUT2D eigenvalue weighted by molar-refractivity contribution is 0.00694. The first-order valence-corrected chi connectivity index (χ1v) is 10.6. The minimum absolute atomic E-state index is 0. The first-order valence-electron chi connectivity index (χ1n) is 9.79. The fraction of sp³-hybridized carbons (Fsp3) is 0.500. The maximum Gasteiger partial charge on any atom is 0.410 e. The van der Waals surface area contributed by atoms with Gasteiger partial charge in [0, 0.05) is 18.0 Å². The molecule has 6 nitrogen and oxygen atoms in total.